The number of aromatic nitrogens is 1. The molecule has 2 unspecified atom stereocenters. The Kier molecular flexibility index (Phi) is 5.38. The summed E-state index contributed by atoms with van der Waals surface area (Å²) in [5.41, 5.74) is 0.258. The van der Waals surface area contributed by atoms with Crippen LogP contribution in [0, 0.1) is 5.92 Å². The highest BCUT2D eigenvalue weighted by atomic mass is 35.5. The summed E-state index contributed by atoms with van der Waals surface area (Å²) in [4.78, 5) is 15.6. The van der Waals surface area contributed by atoms with Crippen molar-refractivity contribution in [3.05, 3.63) is 29.0 Å². The van der Waals surface area contributed by atoms with Gasteiger partial charge in [-0.1, -0.05) is 37.9 Å². The lowest BCUT2D eigenvalue weighted by Crippen LogP contribution is -2.35. The van der Waals surface area contributed by atoms with Gasteiger partial charge in [0.25, 0.3) is 5.91 Å². The summed E-state index contributed by atoms with van der Waals surface area (Å²) in [6, 6.07) is 4.85. The van der Waals surface area contributed by atoms with Gasteiger partial charge in [-0.3, -0.25) is 4.79 Å². The van der Waals surface area contributed by atoms with Gasteiger partial charge in [-0.2, -0.15) is 0 Å². The van der Waals surface area contributed by atoms with Crippen LogP contribution in [0.15, 0.2) is 18.2 Å². The van der Waals surface area contributed by atoms with Crippen molar-refractivity contribution >= 4 is 17.5 Å². The van der Waals surface area contributed by atoms with Crippen LogP contribution in [0.25, 0.3) is 0 Å². The molecule has 0 aliphatic heterocycles. The Balaban J connectivity index is 2.50. The molecule has 5 heteroatoms. The molecule has 0 fully saturated rings. The first-order valence-corrected chi connectivity index (χ1v) is 6.01. The first-order valence-electron chi connectivity index (χ1n) is 5.63. The van der Waals surface area contributed by atoms with Crippen LogP contribution in [0.4, 0.5) is 0 Å². The van der Waals surface area contributed by atoms with Crippen molar-refractivity contribution < 1.29 is 9.90 Å². The number of halogens is 1. The van der Waals surface area contributed by atoms with Gasteiger partial charge < -0.3 is 10.4 Å². The molecule has 0 saturated heterocycles. The second-order valence-electron chi connectivity index (χ2n) is 4.01. The molecule has 2 N–H and O–H groups in total. The fraction of sp³-hybridized carbons (Fsp3) is 0.500. The maximum atomic E-state index is 11.7. The summed E-state index contributed by atoms with van der Waals surface area (Å²) in [6.45, 7) is 4.16. The standard InChI is InChI=1S/C12H17ClN2O2/c1-3-8(2)10(16)7-14-12(17)9-5-4-6-11(13)15-9/h4-6,8,10,16H,3,7H2,1-2H3,(H,14,17). The average Bonchev–Trinajstić information content (AvgIpc) is 2.34. The Labute approximate surface area is 106 Å². The Hall–Kier alpha value is -1.13. The Morgan fingerprint density at radius 3 is 2.88 bits per heavy atom. The van der Waals surface area contributed by atoms with Gasteiger partial charge in [-0.25, -0.2) is 4.98 Å². The zero-order valence-corrected chi connectivity index (χ0v) is 10.7. The van der Waals surface area contributed by atoms with E-state index < -0.39 is 6.10 Å². The lowest BCUT2D eigenvalue weighted by Gasteiger charge is -2.17. The molecule has 1 heterocycles. The first-order chi connectivity index (χ1) is 8.04. The maximum Gasteiger partial charge on any atom is 0.270 e. The molecule has 2 atom stereocenters. The molecule has 1 amide bonds. The molecule has 4 nitrogen and oxygen atoms in total. The van der Waals surface area contributed by atoms with Crippen molar-refractivity contribution in [1.29, 1.82) is 0 Å². The monoisotopic (exact) mass is 256 g/mol. The predicted octanol–water partition coefficient (Wildman–Crippen LogP) is 1.87. The smallest absolute Gasteiger partial charge is 0.270 e. The quantitative estimate of drug-likeness (QED) is 0.791. The van der Waals surface area contributed by atoms with E-state index in [1.165, 1.54) is 0 Å². The van der Waals surface area contributed by atoms with Crippen LogP contribution in [0.5, 0.6) is 0 Å². The summed E-state index contributed by atoms with van der Waals surface area (Å²) < 4.78 is 0. The molecule has 0 saturated carbocycles. The van der Waals surface area contributed by atoms with Crippen molar-refractivity contribution in [3.8, 4) is 0 Å². The molecule has 0 bridgehead atoms. The normalized spacial score (nSPS) is 14.1. The maximum absolute atomic E-state index is 11.7. The second kappa shape index (κ2) is 6.57. The van der Waals surface area contributed by atoms with Gasteiger partial charge >= 0.3 is 0 Å². The molecule has 0 aliphatic rings. The number of rotatable bonds is 5. The molecule has 1 aromatic rings. The van der Waals surface area contributed by atoms with E-state index in [0.717, 1.165) is 6.42 Å². The number of hydrogen-bond acceptors (Lipinski definition) is 3. The number of hydrogen-bond donors (Lipinski definition) is 2. The van der Waals surface area contributed by atoms with Crippen molar-refractivity contribution in [3.63, 3.8) is 0 Å². The summed E-state index contributed by atoms with van der Waals surface area (Å²) in [6.07, 6.45) is 0.329. The average molecular weight is 257 g/mol. The van der Waals surface area contributed by atoms with Gasteiger partial charge in [0.2, 0.25) is 0 Å². The lowest BCUT2D eigenvalue weighted by molar-refractivity contribution is 0.0846. The summed E-state index contributed by atoms with van der Waals surface area (Å²) >= 11 is 5.68. The fourth-order valence-corrected chi connectivity index (χ4v) is 1.46. The lowest BCUT2D eigenvalue weighted by atomic mass is 10.0. The summed E-state index contributed by atoms with van der Waals surface area (Å²) in [5, 5.41) is 12.6. The zero-order chi connectivity index (χ0) is 12.8. The van der Waals surface area contributed by atoms with Crippen LogP contribution in [0.3, 0.4) is 0 Å². The third kappa shape index (κ3) is 4.32. The van der Waals surface area contributed by atoms with E-state index in [9.17, 15) is 9.90 Å². The van der Waals surface area contributed by atoms with Gasteiger partial charge in [0.1, 0.15) is 10.8 Å². The largest absolute Gasteiger partial charge is 0.391 e. The number of nitrogens with zero attached hydrogens (tertiary/aromatic N) is 1. The fourth-order valence-electron chi connectivity index (χ4n) is 1.30. The van der Waals surface area contributed by atoms with Crippen LogP contribution in [0.1, 0.15) is 30.8 Å². The van der Waals surface area contributed by atoms with Crippen LogP contribution in [-0.2, 0) is 0 Å². The number of carbonyl (C=O) groups excluding carboxylic acids is 1. The number of aliphatic hydroxyl groups is 1. The molecular formula is C12H17ClN2O2. The van der Waals surface area contributed by atoms with Gasteiger partial charge in [-0.15, -0.1) is 0 Å². The van der Waals surface area contributed by atoms with Crippen molar-refractivity contribution in [1.82, 2.24) is 10.3 Å². The van der Waals surface area contributed by atoms with Gasteiger partial charge in [0, 0.05) is 6.54 Å². The van der Waals surface area contributed by atoms with Crippen molar-refractivity contribution in [2.45, 2.75) is 26.4 Å². The van der Waals surface area contributed by atoms with E-state index in [1.54, 1.807) is 18.2 Å². The molecule has 17 heavy (non-hydrogen) atoms. The van der Waals surface area contributed by atoms with E-state index in [1.807, 2.05) is 13.8 Å². The minimum absolute atomic E-state index is 0.155. The number of aliphatic hydroxyl groups excluding tert-OH is 1. The topological polar surface area (TPSA) is 62.2 Å². The summed E-state index contributed by atoms with van der Waals surface area (Å²) in [7, 11) is 0. The molecule has 0 radical (unpaired) electrons. The summed E-state index contributed by atoms with van der Waals surface area (Å²) in [5.74, 6) is -0.169. The van der Waals surface area contributed by atoms with E-state index in [0.29, 0.717) is 0 Å². The number of carbonyl (C=O) groups is 1. The second-order valence-corrected chi connectivity index (χ2v) is 4.40. The minimum atomic E-state index is -0.539. The minimum Gasteiger partial charge on any atom is -0.391 e. The van der Waals surface area contributed by atoms with Gasteiger partial charge in [-0.05, 0) is 18.1 Å². The predicted molar refractivity (Wildman–Crippen MR) is 67.0 cm³/mol. The van der Waals surface area contributed by atoms with Crippen LogP contribution < -0.4 is 5.32 Å². The zero-order valence-electron chi connectivity index (χ0n) is 9.98. The molecule has 0 aliphatic carbocycles. The van der Waals surface area contributed by atoms with Crippen LogP contribution >= 0.6 is 11.6 Å². The third-order valence-electron chi connectivity index (χ3n) is 2.72. The van der Waals surface area contributed by atoms with E-state index >= 15 is 0 Å². The first kappa shape index (κ1) is 13.9. The molecule has 94 valence electrons. The molecular weight excluding hydrogens is 240 g/mol. The van der Waals surface area contributed by atoms with Crippen LogP contribution in [-0.4, -0.2) is 28.6 Å². The highest BCUT2D eigenvalue weighted by Gasteiger charge is 2.14. The van der Waals surface area contributed by atoms with Gasteiger partial charge in [0.05, 0.1) is 6.10 Å². The number of amides is 1. The number of pyridine rings is 1. The van der Waals surface area contributed by atoms with E-state index in [2.05, 4.69) is 10.3 Å². The third-order valence-corrected chi connectivity index (χ3v) is 2.93. The van der Waals surface area contributed by atoms with E-state index in [4.69, 9.17) is 11.6 Å². The van der Waals surface area contributed by atoms with Gasteiger partial charge in [0.15, 0.2) is 0 Å². The SMILES string of the molecule is CCC(C)C(O)CNC(=O)c1cccc(Cl)n1. The van der Waals surface area contributed by atoms with Crippen molar-refractivity contribution in [2.24, 2.45) is 5.92 Å². The van der Waals surface area contributed by atoms with E-state index in [-0.39, 0.29) is 29.2 Å². The number of nitrogens with one attached hydrogen (secondary N) is 1. The Bertz CT molecular complexity index is 385. The Morgan fingerprint density at radius 2 is 2.29 bits per heavy atom. The molecule has 1 rings (SSSR count). The Morgan fingerprint density at radius 1 is 1.59 bits per heavy atom. The highest BCUT2D eigenvalue weighted by molar-refractivity contribution is 6.29. The highest BCUT2D eigenvalue weighted by Crippen LogP contribution is 2.07. The molecule has 0 aromatic carbocycles. The van der Waals surface area contributed by atoms with Crippen molar-refractivity contribution in [2.75, 3.05) is 6.54 Å². The molecule has 0 spiro atoms. The van der Waals surface area contributed by atoms with Crippen LogP contribution in [0.2, 0.25) is 5.15 Å². The molecule has 1 aromatic heterocycles.